The summed E-state index contributed by atoms with van der Waals surface area (Å²) in [6.07, 6.45) is 8.57. The minimum absolute atomic E-state index is 0.0539. The number of rotatable bonds is 9. The van der Waals surface area contributed by atoms with Gasteiger partial charge in [-0.05, 0) is 48.6 Å². The zero-order valence-corrected chi connectivity index (χ0v) is 17.4. The molecule has 0 N–H and O–H groups in total. The van der Waals surface area contributed by atoms with Crippen molar-refractivity contribution in [2.45, 2.75) is 65.2 Å². The van der Waals surface area contributed by atoms with E-state index >= 15 is 0 Å². The van der Waals surface area contributed by atoms with Crippen molar-refractivity contribution in [3.05, 3.63) is 35.7 Å². The van der Waals surface area contributed by atoms with E-state index in [1.165, 1.54) is 37.8 Å². The number of ether oxygens (including phenoxy) is 2. The Morgan fingerprint density at radius 2 is 1.55 bits per heavy atom. The van der Waals surface area contributed by atoms with E-state index < -0.39 is 17.5 Å². The van der Waals surface area contributed by atoms with Crippen LogP contribution < -0.4 is 9.47 Å². The van der Waals surface area contributed by atoms with Crippen LogP contribution in [-0.2, 0) is 0 Å². The molecule has 0 unspecified atom stereocenters. The van der Waals surface area contributed by atoms with E-state index in [9.17, 15) is 13.2 Å². The van der Waals surface area contributed by atoms with Crippen molar-refractivity contribution < 1.29 is 22.6 Å². The maximum atomic E-state index is 14.7. The van der Waals surface area contributed by atoms with E-state index in [1.54, 1.807) is 6.07 Å². The van der Waals surface area contributed by atoms with Gasteiger partial charge in [-0.3, -0.25) is 0 Å². The molecule has 1 fully saturated rings. The predicted octanol–water partition coefficient (Wildman–Crippen LogP) is 7.42. The molecule has 0 amide bonds. The number of halogens is 3. The summed E-state index contributed by atoms with van der Waals surface area (Å²) in [6, 6.07) is 4.39. The molecule has 0 saturated heterocycles. The Hall–Kier alpha value is -1.91. The highest BCUT2D eigenvalue weighted by molar-refractivity contribution is 5.86. The quantitative estimate of drug-likeness (QED) is 0.402. The summed E-state index contributed by atoms with van der Waals surface area (Å²) in [4.78, 5) is 0. The average Bonchev–Trinajstić information content (AvgIpc) is 2.72. The SMILES string of the molecule is CCCCOc1ccc2cc(OCC3CCC(CCC)CC3)c(F)c(F)c2c1F. The Balaban J connectivity index is 1.71. The van der Waals surface area contributed by atoms with Crippen LogP contribution in [0.2, 0.25) is 0 Å². The number of fused-ring (bicyclic) bond motifs is 1. The van der Waals surface area contributed by atoms with Crippen LogP contribution in [0.1, 0.15) is 65.2 Å². The van der Waals surface area contributed by atoms with E-state index in [0.717, 1.165) is 31.6 Å². The highest BCUT2D eigenvalue weighted by atomic mass is 19.2. The topological polar surface area (TPSA) is 18.5 Å². The van der Waals surface area contributed by atoms with E-state index in [2.05, 4.69) is 6.92 Å². The first-order valence-corrected chi connectivity index (χ1v) is 10.9. The molecule has 0 aromatic heterocycles. The molecule has 2 aromatic carbocycles. The molecule has 0 aliphatic heterocycles. The van der Waals surface area contributed by atoms with Crippen molar-refractivity contribution in [1.82, 2.24) is 0 Å². The molecule has 0 spiro atoms. The Kier molecular flexibility index (Phi) is 7.68. The highest BCUT2D eigenvalue weighted by Crippen LogP contribution is 2.36. The van der Waals surface area contributed by atoms with E-state index in [4.69, 9.17) is 9.47 Å². The molecule has 0 heterocycles. The van der Waals surface area contributed by atoms with Crippen LogP contribution >= 0.6 is 0 Å². The minimum atomic E-state index is -1.22. The van der Waals surface area contributed by atoms with Crippen LogP contribution in [0, 0.1) is 29.3 Å². The van der Waals surface area contributed by atoms with Gasteiger partial charge in [0, 0.05) is 0 Å². The van der Waals surface area contributed by atoms with Crippen LogP contribution in [-0.4, -0.2) is 13.2 Å². The van der Waals surface area contributed by atoms with E-state index in [1.807, 2.05) is 6.92 Å². The number of hydrogen-bond acceptors (Lipinski definition) is 2. The molecule has 1 aliphatic carbocycles. The first kappa shape index (κ1) is 21.8. The molecule has 0 bridgehead atoms. The Morgan fingerprint density at radius 1 is 0.828 bits per heavy atom. The van der Waals surface area contributed by atoms with Gasteiger partial charge in [-0.15, -0.1) is 0 Å². The second-order valence-corrected chi connectivity index (χ2v) is 8.17. The standard InChI is InChI=1S/C24H31F3O2/c1-3-5-13-28-19-12-11-18-14-20(23(26)24(27)21(18)22(19)25)29-15-17-9-7-16(6-4-2)8-10-17/h11-12,14,16-17H,3-10,13,15H2,1-2H3. The van der Waals surface area contributed by atoms with Gasteiger partial charge in [-0.2, -0.15) is 4.39 Å². The molecular formula is C24H31F3O2. The second-order valence-electron chi connectivity index (χ2n) is 8.17. The number of unbranched alkanes of at least 4 members (excludes halogenated alkanes) is 1. The van der Waals surface area contributed by atoms with Gasteiger partial charge in [-0.25, -0.2) is 8.78 Å². The molecular weight excluding hydrogens is 377 g/mol. The van der Waals surface area contributed by atoms with Gasteiger partial charge in [-0.1, -0.05) is 52.0 Å². The normalized spacial score (nSPS) is 19.5. The van der Waals surface area contributed by atoms with Crippen molar-refractivity contribution in [3.63, 3.8) is 0 Å². The molecule has 3 rings (SSSR count). The molecule has 5 heteroatoms. The fourth-order valence-electron chi connectivity index (χ4n) is 4.18. The average molecular weight is 409 g/mol. The maximum absolute atomic E-state index is 14.7. The van der Waals surface area contributed by atoms with Crippen LogP contribution in [0.4, 0.5) is 13.2 Å². The van der Waals surface area contributed by atoms with Crippen molar-refractivity contribution in [3.8, 4) is 11.5 Å². The molecule has 1 saturated carbocycles. The van der Waals surface area contributed by atoms with E-state index in [-0.39, 0.29) is 22.3 Å². The summed E-state index contributed by atoms with van der Waals surface area (Å²) in [5.74, 6) is -2.29. The summed E-state index contributed by atoms with van der Waals surface area (Å²) in [6.45, 7) is 4.90. The van der Waals surface area contributed by atoms with Crippen LogP contribution in [0.5, 0.6) is 11.5 Å². The van der Waals surface area contributed by atoms with Crippen LogP contribution in [0.3, 0.4) is 0 Å². The molecule has 2 aromatic rings. The van der Waals surface area contributed by atoms with Crippen molar-refractivity contribution in [2.75, 3.05) is 13.2 Å². The fourth-order valence-corrected chi connectivity index (χ4v) is 4.18. The van der Waals surface area contributed by atoms with Gasteiger partial charge in [0.25, 0.3) is 0 Å². The molecule has 2 nitrogen and oxygen atoms in total. The molecule has 1 aliphatic rings. The fraction of sp³-hybridized carbons (Fsp3) is 0.583. The summed E-state index contributed by atoms with van der Waals surface area (Å²) in [5, 5.41) is -0.116. The van der Waals surface area contributed by atoms with Gasteiger partial charge in [0.2, 0.25) is 5.82 Å². The number of hydrogen-bond donors (Lipinski definition) is 0. The lowest BCUT2D eigenvalue weighted by Crippen LogP contribution is -2.20. The smallest absolute Gasteiger partial charge is 0.201 e. The third-order valence-corrected chi connectivity index (χ3v) is 5.95. The predicted molar refractivity (Wildman–Crippen MR) is 110 cm³/mol. The molecule has 29 heavy (non-hydrogen) atoms. The molecule has 160 valence electrons. The van der Waals surface area contributed by atoms with Crippen LogP contribution in [0.25, 0.3) is 10.8 Å². The molecule has 0 atom stereocenters. The van der Waals surface area contributed by atoms with Crippen molar-refractivity contribution in [1.29, 1.82) is 0 Å². The third-order valence-electron chi connectivity index (χ3n) is 5.95. The highest BCUT2D eigenvalue weighted by Gasteiger charge is 2.23. The van der Waals surface area contributed by atoms with Gasteiger partial charge in [0.1, 0.15) is 0 Å². The lowest BCUT2D eigenvalue weighted by molar-refractivity contribution is 0.173. The third kappa shape index (κ3) is 5.18. The van der Waals surface area contributed by atoms with Crippen molar-refractivity contribution >= 4 is 10.8 Å². The monoisotopic (exact) mass is 408 g/mol. The van der Waals surface area contributed by atoms with Gasteiger partial charge in [0.05, 0.1) is 18.6 Å². The largest absolute Gasteiger partial charge is 0.490 e. The van der Waals surface area contributed by atoms with Crippen molar-refractivity contribution in [2.24, 2.45) is 11.8 Å². The zero-order valence-electron chi connectivity index (χ0n) is 17.4. The summed E-state index contributed by atoms with van der Waals surface area (Å²) >= 11 is 0. The summed E-state index contributed by atoms with van der Waals surface area (Å²) in [7, 11) is 0. The minimum Gasteiger partial charge on any atom is -0.490 e. The summed E-state index contributed by atoms with van der Waals surface area (Å²) in [5.41, 5.74) is 0. The Bertz CT molecular complexity index is 814. The Labute approximate surface area is 171 Å². The zero-order chi connectivity index (χ0) is 20.8. The Morgan fingerprint density at radius 3 is 2.24 bits per heavy atom. The van der Waals surface area contributed by atoms with Gasteiger partial charge < -0.3 is 9.47 Å². The maximum Gasteiger partial charge on any atom is 0.201 e. The summed E-state index contributed by atoms with van der Waals surface area (Å²) < 4.78 is 54.9. The number of benzene rings is 2. The lowest BCUT2D eigenvalue weighted by Gasteiger charge is -2.28. The molecule has 0 radical (unpaired) electrons. The lowest BCUT2D eigenvalue weighted by atomic mass is 9.80. The first-order chi connectivity index (χ1) is 14.0. The second kappa shape index (κ2) is 10.2. The van der Waals surface area contributed by atoms with Gasteiger partial charge in [0.15, 0.2) is 23.1 Å². The van der Waals surface area contributed by atoms with Crippen LogP contribution in [0.15, 0.2) is 18.2 Å². The van der Waals surface area contributed by atoms with E-state index in [0.29, 0.717) is 19.1 Å². The first-order valence-electron chi connectivity index (χ1n) is 10.9. The van der Waals surface area contributed by atoms with Gasteiger partial charge >= 0.3 is 0 Å².